The first kappa shape index (κ1) is 30.5. The molecule has 0 N–H and O–H groups in total. The van der Waals surface area contributed by atoms with Crippen molar-refractivity contribution < 1.29 is 14.2 Å². The highest BCUT2D eigenvalue weighted by atomic mass is 16.6. The lowest BCUT2D eigenvalue weighted by Gasteiger charge is -2.16. The van der Waals surface area contributed by atoms with Gasteiger partial charge in [0.15, 0.2) is 0 Å². The normalized spacial score (nSPS) is 12.1. The first-order valence-electron chi connectivity index (χ1n) is 14.6. The van der Waals surface area contributed by atoms with Gasteiger partial charge < -0.3 is 14.2 Å². The second kappa shape index (κ2) is 22.5. The molecule has 0 aliphatic heterocycles. The smallest absolute Gasteiger partial charge is 0.104 e. The Hall–Kier alpha value is -1.68. The molecule has 0 heterocycles. The van der Waals surface area contributed by atoms with Gasteiger partial charge in [-0.3, -0.25) is 0 Å². The van der Waals surface area contributed by atoms with Crippen molar-refractivity contribution in [2.45, 2.75) is 109 Å². The molecule has 0 radical (unpaired) electrons. The summed E-state index contributed by atoms with van der Waals surface area (Å²) in [6.07, 6.45) is 20.4. The molecule has 1 unspecified atom stereocenters. The van der Waals surface area contributed by atoms with Crippen LogP contribution in [0.4, 0.5) is 0 Å². The molecular formula is C33H52O3. The van der Waals surface area contributed by atoms with Crippen LogP contribution in [0.15, 0.2) is 60.7 Å². The standard InChI is InChI=1S/C33H52O3/c1-34-33(30-36-28-32-25-19-15-20-26-32)29-35-27-21-13-11-9-7-5-3-2-4-6-8-10-12-16-22-31-23-17-14-18-24-31/h14-15,17-20,23-26,33H,2-13,16,21-22,27-30H2,1H3. The van der Waals surface area contributed by atoms with E-state index in [0.717, 1.165) is 13.0 Å². The van der Waals surface area contributed by atoms with Crippen molar-refractivity contribution in [3.05, 3.63) is 71.8 Å². The number of unbranched alkanes of at least 4 members (excludes halogenated alkanes) is 13. The summed E-state index contributed by atoms with van der Waals surface area (Å²) in [4.78, 5) is 0. The van der Waals surface area contributed by atoms with Crippen LogP contribution in [-0.2, 0) is 27.2 Å². The Morgan fingerprint density at radius 2 is 0.944 bits per heavy atom. The van der Waals surface area contributed by atoms with Gasteiger partial charge in [0, 0.05) is 13.7 Å². The van der Waals surface area contributed by atoms with Gasteiger partial charge in [-0.1, -0.05) is 138 Å². The van der Waals surface area contributed by atoms with Crippen molar-refractivity contribution in [3.63, 3.8) is 0 Å². The maximum atomic E-state index is 5.82. The van der Waals surface area contributed by atoms with Crippen molar-refractivity contribution >= 4 is 0 Å². The fourth-order valence-electron chi connectivity index (χ4n) is 4.58. The topological polar surface area (TPSA) is 27.7 Å². The number of benzene rings is 2. The predicted molar refractivity (Wildman–Crippen MR) is 152 cm³/mol. The molecule has 0 bridgehead atoms. The highest BCUT2D eigenvalue weighted by Gasteiger charge is 2.08. The second-order valence-electron chi connectivity index (χ2n) is 10.1. The molecule has 202 valence electrons. The van der Waals surface area contributed by atoms with Gasteiger partial charge >= 0.3 is 0 Å². The van der Waals surface area contributed by atoms with Crippen molar-refractivity contribution in [1.82, 2.24) is 0 Å². The lowest BCUT2D eigenvalue weighted by Crippen LogP contribution is -2.24. The van der Waals surface area contributed by atoms with Crippen LogP contribution in [0.25, 0.3) is 0 Å². The Labute approximate surface area is 221 Å². The van der Waals surface area contributed by atoms with Crippen LogP contribution in [0.5, 0.6) is 0 Å². The van der Waals surface area contributed by atoms with Crippen LogP contribution in [0, 0.1) is 0 Å². The average molecular weight is 497 g/mol. The number of aryl methyl sites for hydroxylation is 1. The zero-order valence-corrected chi connectivity index (χ0v) is 23.0. The van der Waals surface area contributed by atoms with Gasteiger partial charge in [0.2, 0.25) is 0 Å². The number of methoxy groups -OCH3 is 1. The van der Waals surface area contributed by atoms with E-state index < -0.39 is 0 Å². The maximum Gasteiger partial charge on any atom is 0.104 e. The van der Waals surface area contributed by atoms with Gasteiger partial charge in [0.25, 0.3) is 0 Å². The van der Waals surface area contributed by atoms with E-state index in [4.69, 9.17) is 14.2 Å². The zero-order valence-electron chi connectivity index (χ0n) is 23.0. The SMILES string of the molecule is COC(COCCCCCCCCCCCCCCCCc1ccccc1)COCc1ccccc1. The summed E-state index contributed by atoms with van der Waals surface area (Å²) in [6.45, 7) is 2.63. The van der Waals surface area contributed by atoms with E-state index in [2.05, 4.69) is 42.5 Å². The molecule has 2 aromatic rings. The summed E-state index contributed by atoms with van der Waals surface area (Å²) in [5.74, 6) is 0. The fraction of sp³-hybridized carbons (Fsp3) is 0.636. The molecule has 0 saturated carbocycles. The van der Waals surface area contributed by atoms with Crippen molar-refractivity contribution in [1.29, 1.82) is 0 Å². The molecular weight excluding hydrogens is 444 g/mol. The minimum absolute atomic E-state index is 0.00773. The Morgan fingerprint density at radius 1 is 0.500 bits per heavy atom. The first-order chi connectivity index (χ1) is 17.9. The quantitative estimate of drug-likeness (QED) is 0.136. The van der Waals surface area contributed by atoms with Crippen LogP contribution in [0.3, 0.4) is 0 Å². The minimum Gasteiger partial charge on any atom is -0.379 e. The summed E-state index contributed by atoms with van der Waals surface area (Å²) in [6, 6.07) is 21.1. The van der Waals surface area contributed by atoms with E-state index >= 15 is 0 Å². The van der Waals surface area contributed by atoms with E-state index in [1.165, 1.54) is 101 Å². The molecule has 2 aromatic carbocycles. The molecule has 0 saturated heterocycles. The highest BCUT2D eigenvalue weighted by Crippen LogP contribution is 2.14. The maximum absolute atomic E-state index is 5.82. The van der Waals surface area contributed by atoms with Gasteiger partial charge in [-0.2, -0.15) is 0 Å². The zero-order chi connectivity index (χ0) is 25.4. The Balaban J connectivity index is 1.25. The summed E-state index contributed by atoms with van der Waals surface area (Å²) >= 11 is 0. The van der Waals surface area contributed by atoms with Gasteiger partial charge in [-0.05, 0) is 30.4 Å². The molecule has 0 fully saturated rings. The van der Waals surface area contributed by atoms with Crippen LogP contribution in [-0.4, -0.2) is 33.0 Å². The van der Waals surface area contributed by atoms with E-state index in [1.807, 2.05) is 18.2 Å². The van der Waals surface area contributed by atoms with E-state index in [1.54, 1.807) is 7.11 Å². The van der Waals surface area contributed by atoms with E-state index in [0.29, 0.717) is 19.8 Å². The molecule has 0 amide bonds. The number of rotatable bonds is 24. The third kappa shape index (κ3) is 16.9. The molecule has 0 spiro atoms. The Kier molecular flexibility index (Phi) is 19.1. The Bertz CT molecular complexity index is 703. The van der Waals surface area contributed by atoms with Gasteiger partial charge in [0.1, 0.15) is 6.10 Å². The highest BCUT2D eigenvalue weighted by molar-refractivity contribution is 5.14. The van der Waals surface area contributed by atoms with Gasteiger partial charge in [-0.25, -0.2) is 0 Å². The molecule has 36 heavy (non-hydrogen) atoms. The third-order valence-electron chi connectivity index (χ3n) is 6.90. The van der Waals surface area contributed by atoms with Gasteiger partial charge in [0.05, 0.1) is 19.8 Å². The number of hydrogen-bond acceptors (Lipinski definition) is 3. The van der Waals surface area contributed by atoms with Gasteiger partial charge in [-0.15, -0.1) is 0 Å². The van der Waals surface area contributed by atoms with Crippen molar-refractivity contribution in [3.8, 4) is 0 Å². The van der Waals surface area contributed by atoms with Crippen molar-refractivity contribution in [2.24, 2.45) is 0 Å². The summed E-state index contributed by atoms with van der Waals surface area (Å²) in [5.41, 5.74) is 2.68. The summed E-state index contributed by atoms with van der Waals surface area (Å²) in [7, 11) is 1.73. The monoisotopic (exact) mass is 496 g/mol. The largest absolute Gasteiger partial charge is 0.379 e. The number of hydrogen-bond donors (Lipinski definition) is 0. The second-order valence-corrected chi connectivity index (χ2v) is 10.1. The van der Waals surface area contributed by atoms with Crippen LogP contribution in [0.2, 0.25) is 0 Å². The average Bonchev–Trinajstić information content (AvgIpc) is 2.92. The molecule has 3 heteroatoms. The lowest BCUT2D eigenvalue weighted by atomic mass is 10.0. The van der Waals surface area contributed by atoms with Crippen LogP contribution < -0.4 is 0 Å². The fourth-order valence-corrected chi connectivity index (χ4v) is 4.58. The summed E-state index contributed by atoms with van der Waals surface area (Å²) in [5, 5.41) is 0. The molecule has 3 nitrogen and oxygen atoms in total. The molecule has 0 aliphatic carbocycles. The van der Waals surface area contributed by atoms with E-state index in [9.17, 15) is 0 Å². The van der Waals surface area contributed by atoms with Crippen molar-refractivity contribution in [2.75, 3.05) is 26.9 Å². The molecule has 1 atom stereocenters. The Morgan fingerprint density at radius 3 is 1.47 bits per heavy atom. The third-order valence-corrected chi connectivity index (χ3v) is 6.90. The predicted octanol–water partition coefficient (Wildman–Crippen LogP) is 8.94. The molecule has 0 aromatic heterocycles. The summed E-state index contributed by atoms with van der Waals surface area (Å²) < 4.78 is 17.1. The van der Waals surface area contributed by atoms with Crippen LogP contribution in [0.1, 0.15) is 101 Å². The van der Waals surface area contributed by atoms with Crippen LogP contribution >= 0.6 is 0 Å². The first-order valence-corrected chi connectivity index (χ1v) is 14.6. The lowest BCUT2D eigenvalue weighted by molar-refractivity contribution is -0.0451. The van der Waals surface area contributed by atoms with E-state index in [-0.39, 0.29) is 6.10 Å². The molecule has 0 aliphatic rings. The minimum atomic E-state index is 0.00773. The molecule has 2 rings (SSSR count). The number of ether oxygens (including phenoxy) is 3.